The monoisotopic (exact) mass is 293 g/mol. The maximum Gasteiger partial charge on any atom is 0.219 e. The Labute approximate surface area is 125 Å². The molecule has 0 spiro atoms. The summed E-state index contributed by atoms with van der Waals surface area (Å²) in [6, 6.07) is 4.31. The van der Waals surface area contributed by atoms with Gasteiger partial charge in [0.1, 0.15) is 0 Å². The highest BCUT2D eigenvalue weighted by atomic mass is 16.5. The first kappa shape index (κ1) is 15.5. The number of methoxy groups -OCH3 is 3. The Kier molecular flexibility index (Phi) is 4.94. The second-order valence-corrected chi connectivity index (χ2v) is 5.23. The standard InChI is InChI=1S/C16H23NO4/c1-11(18)17(13-5-6-13)8-7-12-9-14(19-2)16(21-4)15(10-12)20-3/h9-10,13H,5-8H2,1-4H3. The summed E-state index contributed by atoms with van der Waals surface area (Å²) in [7, 11) is 4.80. The van der Waals surface area contributed by atoms with E-state index in [0.717, 1.165) is 31.4 Å². The molecule has 2 rings (SSSR count). The highest BCUT2D eigenvalue weighted by Gasteiger charge is 2.30. The molecule has 0 saturated heterocycles. The summed E-state index contributed by atoms with van der Waals surface area (Å²) < 4.78 is 16.0. The molecule has 0 aliphatic heterocycles. The van der Waals surface area contributed by atoms with Crippen LogP contribution in [-0.4, -0.2) is 44.7 Å². The van der Waals surface area contributed by atoms with Crippen LogP contribution in [0.25, 0.3) is 0 Å². The Morgan fingerprint density at radius 2 is 1.71 bits per heavy atom. The summed E-state index contributed by atoms with van der Waals surface area (Å²) >= 11 is 0. The lowest BCUT2D eigenvalue weighted by Crippen LogP contribution is -2.32. The molecule has 0 bridgehead atoms. The molecule has 1 aromatic carbocycles. The average Bonchev–Trinajstić information content (AvgIpc) is 3.30. The van der Waals surface area contributed by atoms with Crippen LogP contribution in [0.4, 0.5) is 0 Å². The highest BCUT2D eigenvalue weighted by Crippen LogP contribution is 2.38. The Bertz CT molecular complexity index is 486. The molecule has 0 aromatic heterocycles. The van der Waals surface area contributed by atoms with Gasteiger partial charge in [0.2, 0.25) is 11.7 Å². The van der Waals surface area contributed by atoms with Gasteiger partial charge in [0.25, 0.3) is 0 Å². The molecule has 0 heterocycles. The van der Waals surface area contributed by atoms with Crippen molar-refractivity contribution in [3.05, 3.63) is 17.7 Å². The van der Waals surface area contributed by atoms with Crippen molar-refractivity contribution in [1.82, 2.24) is 4.90 Å². The third-order valence-corrected chi connectivity index (χ3v) is 3.76. The van der Waals surface area contributed by atoms with Gasteiger partial charge in [-0.15, -0.1) is 0 Å². The summed E-state index contributed by atoms with van der Waals surface area (Å²) in [6.45, 7) is 2.35. The molecule has 0 radical (unpaired) electrons. The van der Waals surface area contributed by atoms with Gasteiger partial charge in [-0.05, 0) is 37.0 Å². The second-order valence-electron chi connectivity index (χ2n) is 5.23. The van der Waals surface area contributed by atoms with E-state index in [9.17, 15) is 4.79 Å². The van der Waals surface area contributed by atoms with E-state index in [2.05, 4.69) is 0 Å². The fourth-order valence-corrected chi connectivity index (χ4v) is 2.51. The minimum atomic E-state index is 0.143. The van der Waals surface area contributed by atoms with Gasteiger partial charge in [0.15, 0.2) is 11.5 Å². The third kappa shape index (κ3) is 3.60. The minimum absolute atomic E-state index is 0.143. The quantitative estimate of drug-likeness (QED) is 0.774. The van der Waals surface area contributed by atoms with Crippen LogP contribution in [0.2, 0.25) is 0 Å². The fraction of sp³-hybridized carbons (Fsp3) is 0.562. The number of benzene rings is 1. The summed E-state index contributed by atoms with van der Waals surface area (Å²) in [5, 5.41) is 0. The van der Waals surface area contributed by atoms with Crippen LogP contribution in [0.3, 0.4) is 0 Å². The van der Waals surface area contributed by atoms with E-state index < -0.39 is 0 Å². The van der Waals surface area contributed by atoms with E-state index in [1.165, 1.54) is 0 Å². The Balaban J connectivity index is 2.14. The first-order valence-corrected chi connectivity index (χ1v) is 7.16. The van der Waals surface area contributed by atoms with Crippen LogP contribution < -0.4 is 14.2 Å². The normalized spacial score (nSPS) is 13.7. The van der Waals surface area contributed by atoms with Crippen molar-refractivity contribution in [2.24, 2.45) is 0 Å². The van der Waals surface area contributed by atoms with Crippen LogP contribution in [0.15, 0.2) is 12.1 Å². The first-order chi connectivity index (χ1) is 10.1. The van der Waals surface area contributed by atoms with Gasteiger partial charge in [-0.2, -0.15) is 0 Å². The zero-order valence-corrected chi connectivity index (χ0v) is 13.1. The average molecular weight is 293 g/mol. The van der Waals surface area contributed by atoms with Crippen molar-refractivity contribution in [1.29, 1.82) is 0 Å². The van der Waals surface area contributed by atoms with Gasteiger partial charge in [0, 0.05) is 19.5 Å². The van der Waals surface area contributed by atoms with E-state index in [0.29, 0.717) is 23.3 Å². The first-order valence-electron chi connectivity index (χ1n) is 7.16. The topological polar surface area (TPSA) is 48.0 Å². The molecule has 1 aromatic rings. The molecule has 5 heteroatoms. The third-order valence-electron chi connectivity index (χ3n) is 3.76. The molecule has 1 amide bonds. The molecule has 21 heavy (non-hydrogen) atoms. The van der Waals surface area contributed by atoms with Gasteiger partial charge in [0.05, 0.1) is 21.3 Å². The molecule has 0 N–H and O–H groups in total. The second kappa shape index (κ2) is 6.70. The summed E-state index contributed by atoms with van der Waals surface area (Å²) in [5.74, 6) is 2.03. The van der Waals surface area contributed by atoms with Crippen molar-refractivity contribution in [3.8, 4) is 17.2 Å². The molecule has 1 aliphatic rings. The number of ether oxygens (including phenoxy) is 3. The molecule has 0 atom stereocenters. The number of nitrogens with zero attached hydrogens (tertiary/aromatic N) is 1. The fourth-order valence-electron chi connectivity index (χ4n) is 2.51. The van der Waals surface area contributed by atoms with Gasteiger partial charge in [-0.25, -0.2) is 0 Å². The SMILES string of the molecule is COc1cc(CCN(C(C)=O)C2CC2)cc(OC)c1OC. The van der Waals surface area contributed by atoms with Gasteiger partial charge >= 0.3 is 0 Å². The van der Waals surface area contributed by atoms with E-state index in [4.69, 9.17) is 14.2 Å². The van der Waals surface area contributed by atoms with Crippen molar-refractivity contribution in [2.45, 2.75) is 32.2 Å². The maximum atomic E-state index is 11.6. The van der Waals surface area contributed by atoms with E-state index in [-0.39, 0.29) is 5.91 Å². The number of hydrogen-bond donors (Lipinski definition) is 0. The van der Waals surface area contributed by atoms with Crippen molar-refractivity contribution >= 4 is 5.91 Å². The molecule has 116 valence electrons. The smallest absolute Gasteiger partial charge is 0.219 e. The summed E-state index contributed by atoms with van der Waals surface area (Å²) in [4.78, 5) is 13.6. The van der Waals surface area contributed by atoms with Gasteiger partial charge in [-0.1, -0.05) is 0 Å². The lowest BCUT2D eigenvalue weighted by atomic mass is 10.1. The maximum absolute atomic E-state index is 11.6. The van der Waals surface area contributed by atoms with Crippen LogP contribution in [-0.2, 0) is 11.2 Å². The van der Waals surface area contributed by atoms with Crippen LogP contribution in [0, 0.1) is 0 Å². The predicted molar refractivity (Wildman–Crippen MR) is 80.2 cm³/mol. The summed E-state index contributed by atoms with van der Waals surface area (Å²) in [6.07, 6.45) is 3.01. The van der Waals surface area contributed by atoms with Gasteiger partial charge < -0.3 is 19.1 Å². The largest absolute Gasteiger partial charge is 0.493 e. The molecule has 5 nitrogen and oxygen atoms in total. The Morgan fingerprint density at radius 3 is 2.10 bits per heavy atom. The van der Waals surface area contributed by atoms with Crippen molar-refractivity contribution in [3.63, 3.8) is 0 Å². The van der Waals surface area contributed by atoms with E-state index in [1.807, 2.05) is 17.0 Å². The molecule has 0 unspecified atom stereocenters. The Hall–Kier alpha value is -1.91. The number of carbonyl (C=O) groups excluding carboxylic acids is 1. The molecular formula is C16H23NO4. The highest BCUT2D eigenvalue weighted by molar-refractivity contribution is 5.74. The number of carbonyl (C=O) groups is 1. The summed E-state index contributed by atoms with van der Waals surface area (Å²) in [5.41, 5.74) is 1.07. The molecule has 1 fully saturated rings. The lowest BCUT2D eigenvalue weighted by molar-refractivity contribution is -0.129. The zero-order chi connectivity index (χ0) is 15.4. The van der Waals surface area contributed by atoms with Crippen molar-refractivity contribution in [2.75, 3.05) is 27.9 Å². The van der Waals surface area contributed by atoms with Crippen LogP contribution in [0.5, 0.6) is 17.2 Å². The molecule has 1 aliphatic carbocycles. The van der Waals surface area contributed by atoms with E-state index in [1.54, 1.807) is 28.3 Å². The van der Waals surface area contributed by atoms with Crippen molar-refractivity contribution < 1.29 is 19.0 Å². The Morgan fingerprint density at radius 1 is 1.14 bits per heavy atom. The zero-order valence-electron chi connectivity index (χ0n) is 13.1. The predicted octanol–water partition coefficient (Wildman–Crippen LogP) is 2.27. The number of rotatable bonds is 7. The van der Waals surface area contributed by atoms with Gasteiger partial charge in [-0.3, -0.25) is 4.79 Å². The number of hydrogen-bond acceptors (Lipinski definition) is 4. The lowest BCUT2D eigenvalue weighted by Gasteiger charge is -2.21. The molecular weight excluding hydrogens is 270 g/mol. The minimum Gasteiger partial charge on any atom is -0.493 e. The molecule has 1 saturated carbocycles. The van der Waals surface area contributed by atoms with Crippen LogP contribution >= 0.6 is 0 Å². The van der Waals surface area contributed by atoms with Crippen LogP contribution in [0.1, 0.15) is 25.3 Å². The van der Waals surface area contributed by atoms with E-state index >= 15 is 0 Å². The number of amides is 1.